The first-order valence-electron chi connectivity index (χ1n) is 8.96. The molecule has 1 fully saturated rings. The summed E-state index contributed by atoms with van der Waals surface area (Å²) in [5.74, 6) is -0.713. The Morgan fingerprint density at radius 3 is 2.53 bits per heavy atom. The minimum atomic E-state index is -4.50. The molecule has 0 aromatic carbocycles. The zero-order chi connectivity index (χ0) is 22.1. The van der Waals surface area contributed by atoms with E-state index in [1.54, 1.807) is 0 Å². The van der Waals surface area contributed by atoms with Crippen LogP contribution in [0.15, 0.2) is 24.5 Å². The Balaban J connectivity index is 1.76. The zero-order valence-corrected chi connectivity index (χ0v) is 16.9. The standard InChI is InChI=1S/C18H18F3N5O3S/c1-10(2)15-12(16(28)22-5-6-25-14(27)9-30-17(25)29)8-24-26(15)13-4-3-11(7-23-13)18(19,20)21/h3-4,7-8,10H,5-6,9H2,1-2H3,(H,22,28). The third kappa shape index (κ3) is 4.48. The first-order valence-corrected chi connectivity index (χ1v) is 9.95. The van der Waals surface area contributed by atoms with Crippen LogP contribution in [0.2, 0.25) is 0 Å². The molecule has 8 nitrogen and oxygen atoms in total. The van der Waals surface area contributed by atoms with Gasteiger partial charge in [0.25, 0.3) is 11.1 Å². The number of alkyl halides is 3. The number of nitrogens with zero attached hydrogens (tertiary/aromatic N) is 4. The molecule has 12 heteroatoms. The van der Waals surface area contributed by atoms with Gasteiger partial charge in [0.05, 0.1) is 28.8 Å². The van der Waals surface area contributed by atoms with Crippen LogP contribution in [0.4, 0.5) is 18.0 Å². The molecular weight excluding hydrogens is 423 g/mol. The van der Waals surface area contributed by atoms with Crippen LogP contribution in [0.25, 0.3) is 5.82 Å². The Bertz CT molecular complexity index is 956. The Morgan fingerprint density at radius 2 is 2.00 bits per heavy atom. The molecule has 0 aliphatic carbocycles. The molecule has 1 aliphatic rings. The van der Waals surface area contributed by atoms with E-state index in [1.807, 2.05) is 13.8 Å². The molecule has 160 valence electrons. The van der Waals surface area contributed by atoms with E-state index in [0.29, 0.717) is 11.9 Å². The molecule has 0 unspecified atom stereocenters. The second-order valence-corrected chi connectivity index (χ2v) is 7.70. The van der Waals surface area contributed by atoms with Crippen LogP contribution in [0.5, 0.6) is 0 Å². The fourth-order valence-electron chi connectivity index (χ4n) is 2.92. The van der Waals surface area contributed by atoms with Gasteiger partial charge in [0.15, 0.2) is 5.82 Å². The lowest BCUT2D eigenvalue weighted by Gasteiger charge is -2.15. The van der Waals surface area contributed by atoms with Gasteiger partial charge >= 0.3 is 6.18 Å². The van der Waals surface area contributed by atoms with Gasteiger partial charge in [-0.05, 0) is 18.1 Å². The smallest absolute Gasteiger partial charge is 0.350 e. The molecule has 3 rings (SSSR count). The van der Waals surface area contributed by atoms with E-state index in [1.165, 1.54) is 16.9 Å². The molecule has 0 saturated carbocycles. The van der Waals surface area contributed by atoms with Gasteiger partial charge in [-0.2, -0.15) is 18.3 Å². The average molecular weight is 441 g/mol. The number of amides is 3. The fraction of sp³-hybridized carbons (Fsp3) is 0.389. The number of pyridine rings is 1. The normalized spacial score (nSPS) is 14.7. The van der Waals surface area contributed by atoms with Crippen molar-refractivity contribution in [2.45, 2.75) is 25.9 Å². The summed E-state index contributed by atoms with van der Waals surface area (Å²) in [5.41, 5.74) is -0.171. The van der Waals surface area contributed by atoms with Crippen molar-refractivity contribution in [1.82, 2.24) is 25.0 Å². The molecule has 2 aromatic heterocycles. The minimum Gasteiger partial charge on any atom is -0.350 e. The molecule has 0 atom stereocenters. The van der Waals surface area contributed by atoms with Gasteiger partial charge in [-0.3, -0.25) is 19.3 Å². The highest BCUT2D eigenvalue weighted by atomic mass is 32.2. The number of carbonyl (C=O) groups is 3. The highest BCUT2D eigenvalue weighted by Gasteiger charge is 2.31. The topological polar surface area (TPSA) is 97.2 Å². The molecule has 0 bridgehead atoms. The maximum atomic E-state index is 12.8. The van der Waals surface area contributed by atoms with Gasteiger partial charge in [-0.25, -0.2) is 9.67 Å². The number of rotatable bonds is 6. The van der Waals surface area contributed by atoms with Crippen molar-refractivity contribution >= 4 is 28.8 Å². The molecule has 1 N–H and O–H groups in total. The number of halogens is 3. The van der Waals surface area contributed by atoms with Crippen LogP contribution in [0.1, 0.15) is 41.4 Å². The van der Waals surface area contributed by atoms with Crippen molar-refractivity contribution in [2.75, 3.05) is 18.8 Å². The van der Waals surface area contributed by atoms with Crippen LogP contribution in [0.3, 0.4) is 0 Å². The van der Waals surface area contributed by atoms with E-state index in [9.17, 15) is 27.6 Å². The highest BCUT2D eigenvalue weighted by Crippen LogP contribution is 2.29. The van der Waals surface area contributed by atoms with Crippen LogP contribution in [0, 0.1) is 0 Å². The first-order chi connectivity index (χ1) is 14.1. The van der Waals surface area contributed by atoms with E-state index in [2.05, 4.69) is 15.4 Å². The van der Waals surface area contributed by atoms with Crippen LogP contribution in [-0.4, -0.2) is 55.6 Å². The third-order valence-electron chi connectivity index (χ3n) is 4.35. The van der Waals surface area contributed by atoms with Gasteiger partial charge in [0.1, 0.15) is 0 Å². The van der Waals surface area contributed by atoms with Crippen molar-refractivity contribution < 1.29 is 27.6 Å². The summed E-state index contributed by atoms with van der Waals surface area (Å²) in [6.07, 6.45) is -2.48. The Morgan fingerprint density at radius 1 is 1.27 bits per heavy atom. The van der Waals surface area contributed by atoms with Crippen LogP contribution < -0.4 is 5.32 Å². The fourth-order valence-corrected chi connectivity index (χ4v) is 3.68. The second-order valence-electron chi connectivity index (χ2n) is 6.77. The molecule has 3 heterocycles. The molecular formula is C18H18F3N5O3S. The van der Waals surface area contributed by atoms with E-state index < -0.39 is 17.6 Å². The number of imide groups is 1. The monoisotopic (exact) mass is 441 g/mol. The lowest BCUT2D eigenvalue weighted by Crippen LogP contribution is -2.37. The van der Waals surface area contributed by atoms with Crippen molar-refractivity contribution in [3.05, 3.63) is 41.3 Å². The van der Waals surface area contributed by atoms with Gasteiger partial charge in [-0.15, -0.1) is 0 Å². The Labute approximate surface area is 173 Å². The quantitative estimate of drug-likeness (QED) is 0.741. The molecule has 3 amide bonds. The van der Waals surface area contributed by atoms with Crippen molar-refractivity contribution in [3.63, 3.8) is 0 Å². The maximum absolute atomic E-state index is 12.8. The lowest BCUT2D eigenvalue weighted by atomic mass is 10.1. The first kappa shape index (κ1) is 21.8. The number of hydrogen-bond acceptors (Lipinski definition) is 6. The summed E-state index contributed by atoms with van der Waals surface area (Å²) in [5, 5.41) is 6.41. The molecule has 0 spiro atoms. The van der Waals surface area contributed by atoms with E-state index in [-0.39, 0.29) is 47.3 Å². The number of thioether (sulfide) groups is 1. The molecule has 1 aliphatic heterocycles. The van der Waals surface area contributed by atoms with Crippen molar-refractivity contribution in [1.29, 1.82) is 0 Å². The number of aromatic nitrogens is 3. The zero-order valence-electron chi connectivity index (χ0n) is 16.1. The number of nitrogens with one attached hydrogen (secondary N) is 1. The second kappa shape index (κ2) is 8.46. The minimum absolute atomic E-state index is 0.0576. The van der Waals surface area contributed by atoms with Crippen LogP contribution >= 0.6 is 11.8 Å². The van der Waals surface area contributed by atoms with Gasteiger partial charge in [-0.1, -0.05) is 25.6 Å². The third-order valence-corrected chi connectivity index (χ3v) is 5.21. The van der Waals surface area contributed by atoms with Crippen LogP contribution in [-0.2, 0) is 11.0 Å². The SMILES string of the molecule is CC(C)c1c(C(=O)NCCN2C(=O)CSC2=O)cnn1-c1ccc(C(F)(F)F)cn1. The summed E-state index contributed by atoms with van der Waals surface area (Å²) >= 11 is 0.913. The molecule has 1 saturated heterocycles. The van der Waals surface area contributed by atoms with Gasteiger partial charge < -0.3 is 5.32 Å². The van der Waals surface area contributed by atoms with E-state index in [4.69, 9.17) is 0 Å². The van der Waals surface area contributed by atoms with Crippen molar-refractivity contribution in [2.24, 2.45) is 0 Å². The molecule has 0 radical (unpaired) electrons. The maximum Gasteiger partial charge on any atom is 0.417 e. The molecule has 2 aromatic rings. The molecule has 30 heavy (non-hydrogen) atoms. The van der Waals surface area contributed by atoms with Gasteiger partial charge in [0, 0.05) is 19.3 Å². The number of carbonyl (C=O) groups excluding carboxylic acids is 3. The Kier molecular flexibility index (Phi) is 6.15. The van der Waals surface area contributed by atoms with Gasteiger partial charge in [0.2, 0.25) is 5.91 Å². The lowest BCUT2D eigenvalue weighted by molar-refractivity contribution is -0.137. The number of hydrogen-bond donors (Lipinski definition) is 1. The Hall–Kier alpha value is -2.89. The predicted molar refractivity (Wildman–Crippen MR) is 102 cm³/mol. The van der Waals surface area contributed by atoms with E-state index in [0.717, 1.165) is 22.7 Å². The predicted octanol–water partition coefficient (Wildman–Crippen LogP) is 2.83. The largest absolute Gasteiger partial charge is 0.417 e. The van der Waals surface area contributed by atoms with Crippen molar-refractivity contribution in [3.8, 4) is 5.82 Å². The summed E-state index contributed by atoms with van der Waals surface area (Å²) in [6, 6.07) is 2.08. The summed E-state index contributed by atoms with van der Waals surface area (Å²) < 4.78 is 39.6. The summed E-state index contributed by atoms with van der Waals surface area (Å²) in [7, 11) is 0. The average Bonchev–Trinajstić information content (AvgIpc) is 3.26. The summed E-state index contributed by atoms with van der Waals surface area (Å²) in [6.45, 7) is 3.75. The van der Waals surface area contributed by atoms with E-state index >= 15 is 0 Å². The summed E-state index contributed by atoms with van der Waals surface area (Å²) in [4.78, 5) is 40.7. The highest BCUT2D eigenvalue weighted by molar-refractivity contribution is 8.14.